The van der Waals surface area contributed by atoms with E-state index in [2.05, 4.69) is 20.5 Å². The Bertz CT molecular complexity index is 595. The zero-order chi connectivity index (χ0) is 13.1. The van der Waals surface area contributed by atoms with Gasteiger partial charge in [0.15, 0.2) is 5.82 Å². The third-order valence-electron chi connectivity index (χ3n) is 2.53. The molecule has 1 unspecified atom stereocenters. The molecule has 0 saturated carbocycles. The summed E-state index contributed by atoms with van der Waals surface area (Å²) >= 11 is 0. The number of carbonyl (C=O) groups excluding carboxylic acids is 1. The molecule has 0 bridgehead atoms. The van der Waals surface area contributed by atoms with Crippen LogP contribution in [0.15, 0.2) is 29.5 Å². The Morgan fingerprint density at radius 1 is 1.50 bits per heavy atom. The zero-order valence-electron chi connectivity index (χ0n) is 10.0. The van der Waals surface area contributed by atoms with Gasteiger partial charge in [-0.05, 0) is 13.0 Å². The Hall–Kier alpha value is -2.44. The molecule has 0 aliphatic rings. The molecular formula is C11H13N5O2. The molecule has 7 nitrogen and oxygen atoms in total. The number of rotatable bonds is 3. The topological polar surface area (TPSA) is 92.7 Å². The van der Waals surface area contributed by atoms with Crippen LogP contribution in [0.2, 0.25) is 0 Å². The molecule has 0 radical (unpaired) electrons. The van der Waals surface area contributed by atoms with E-state index in [1.165, 1.54) is 18.3 Å². The molecule has 0 fully saturated rings. The maximum atomic E-state index is 11.9. The van der Waals surface area contributed by atoms with Gasteiger partial charge in [0, 0.05) is 19.3 Å². The number of carbonyl (C=O) groups is 1. The number of aromatic amines is 1. The van der Waals surface area contributed by atoms with Crippen LogP contribution in [-0.2, 0) is 7.05 Å². The van der Waals surface area contributed by atoms with Gasteiger partial charge in [-0.25, -0.2) is 0 Å². The zero-order valence-corrected chi connectivity index (χ0v) is 10.0. The molecule has 1 atom stereocenters. The van der Waals surface area contributed by atoms with E-state index < -0.39 is 0 Å². The van der Waals surface area contributed by atoms with Crippen molar-refractivity contribution in [3.63, 3.8) is 0 Å². The Labute approximate surface area is 103 Å². The minimum Gasteiger partial charge on any atom is -0.342 e. The first-order valence-corrected chi connectivity index (χ1v) is 5.41. The van der Waals surface area contributed by atoms with Crippen molar-refractivity contribution in [2.24, 2.45) is 7.05 Å². The molecule has 94 valence electrons. The average molecular weight is 247 g/mol. The van der Waals surface area contributed by atoms with Gasteiger partial charge in [-0.3, -0.25) is 9.59 Å². The second kappa shape index (κ2) is 4.82. The summed E-state index contributed by atoms with van der Waals surface area (Å²) in [6, 6.07) is 2.51. The van der Waals surface area contributed by atoms with Gasteiger partial charge < -0.3 is 14.9 Å². The Morgan fingerprint density at radius 3 is 2.83 bits per heavy atom. The largest absolute Gasteiger partial charge is 0.342 e. The fourth-order valence-corrected chi connectivity index (χ4v) is 1.58. The van der Waals surface area contributed by atoms with Crippen molar-refractivity contribution in [2.45, 2.75) is 13.0 Å². The lowest BCUT2D eigenvalue weighted by Crippen LogP contribution is -2.28. The molecule has 0 saturated heterocycles. The maximum Gasteiger partial charge on any atom is 0.253 e. The minimum absolute atomic E-state index is 0.243. The summed E-state index contributed by atoms with van der Waals surface area (Å²) in [5.41, 5.74) is 0.150. The van der Waals surface area contributed by atoms with Crippen molar-refractivity contribution in [2.75, 3.05) is 0 Å². The molecule has 2 aromatic heterocycles. The molecule has 0 spiro atoms. The molecule has 0 aliphatic heterocycles. The van der Waals surface area contributed by atoms with Crippen LogP contribution in [0.4, 0.5) is 0 Å². The van der Waals surface area contributed by atoms with Crippen molar-refractivity contribution in [3.05, 3.63) is 46.4 Å². The first kappa shape index (κ1) is 12.0. The number of hydrogen-bond donors (Lipinski definition) is 2. The lowest BCUT2D eigenvalue weighted by atomic mass is 10.2. The molecule has 2 heterocycles. The lowest BCUT2D eigenvalue weighted by molar-refractivity contribution is 0.0937. The van der Waals surface area contributed by atoms with E-state index in [1.807, 2.05) is 6.92 Å². The van der Waals surface area contributed by atoms with Gasteiger partial charge >= 0.3 is 0 Å². The summed E-state index contributed by atoms with van der Waals surface area (Å²) in [6.07, 6.45) is 2.94. The van der Waals surface area contributed by atoms with Crippen molar-refractivity contribution in [3.8, 4) is 0 Å². The maximum absolute atomic E-state index is 11.9. The van der Waals surface area contributed by atoms with E-state index in [0.717, 1.165) is 0 Å². The van der Waals surface area contributed by atoms with Crippen molar-refractivity contribution < 1.29 is 4.79 Å². The Morgan fingerprint density at radius 2 is 2.28 bits per heavy atom. The van der Waals surface area contributed by atoms with E-state index >= 15 is 0 Å². The standard InChI is InChI=1S/C11H13N5O2/c1-7(10-15-13-6-16(10)2)14-11(18)8-3-4-9(17)12-5-8/h3-7H,1-2H3,(H,12,17)(H,14,18). The first-order valence-electron chi connectivity index (χ1n) is 5.41. The number of aromatic nitrogens is 4. The van der Waals surface area contributed by atoms with Gasteiger partial charge in [0.25, 0.3) is 5.91 Å². The smallest absolute Gasteiger partial charge is 0.253 e. The van der Waals surface area contributed by atoms with E-state index in [9.17, 15) is 9.59 Å². The number of nitrogens with one attached hydrogen (secondary N) is 2. The Kier molecular flexibility index (Phi) is 3.22. The second-order valence-electron chi connectivity index (χ2n) is 3.94. The van der Waals surface area contributed by atoms with E-state index in [4.69, 9.17) is 0 Å². The van der Waals surface area contributed by atoms with E-state index in [-0.39, 0.29) is 17.5 Å². The van der Waals surface area contributed by atoms with Crippen LogP contribution in [0.3, 0.4) is 0 Å². The summed E-state index contributed by atoms with van der Waals surface area (Å²) in [7, 11) is 1.80. The third-order valence-corrected chi connectivity index (χ3v) is 2.53. The molecule has 18 heavy (non-hydrogen) atoms. The molecular weight excluding hydrogens is 234 g/mol. The molecule has 2 N–H and O–H groups in total. The molecule has 7 heteroatoms. The molecule has 1 amide bonds. The number of amides is 1. The van der Waals surface area contributed by atoms with Gasteiger partial charge in [-0.2, -0.15) is 0 Å². The number of aryl methyl sites for hydroxylation is 1. The van der Waals surface area contributed by atoms with Gasteiger partial charge in [0.2, 0.25) is 5.56 Å². The number of pyridine rings is 1. The molecule has 0 aromatic carbocycles. The summed E-state index contributed by atoms with van der Waals surface area (Å²) < 4.78 is 1.73. The quantitative estimate of drug-likeness (QED) is 0.798. The van der Waals surface area contributed by atoms with Crippen LogP contribution in [-0.4, -0.2) is 25.7 Å². The van der Waals surface area contributed by atoms with Crippen LogP contribution in [0.5, 0.6) is 0 Å². The predicted octanol–water partition coefficient (Wildman–Crippen LogP) is -0.00560. The fraction of sp³-hybridized carbons (Fsp3) is 0.273. The van der Waals surface area contributed by atoms with Gasteiger partial charge in [0.1, 0.15) is 6.33 Å². The van der Waals surface area contributed by atoms with Gasteiger partial charge in [-0.15, -0.1) is 10.2 Å². The summed E-state index contributed by atoms with van der Waals surface area (Å²) in [5, 5.41) is 10.4. The highest BCUT2D eigenvalue weighted by Crippen LogP contribution is 2.08. The Balaban J connectivity index is 2.10. The lowest BCUT2D eigenvalue weighted by Gasteiger charge is -2.12. The van der Waals surface area contributed by atoms with Crippen molar-refractivity contribution >= 4 is 5.91 Å². The summed E-state index contributed by atoms with van der Waals surface area (Å²) in [4.78, 5) is 25.2. The first-order chi connectivity index (χ1) is 8.58. The molecule has 2 aromatic rings. The highest BCUT2D eigenvalue weighted by molar-refractivity contribution is 5.93. The fourth-order valence-electron chi connectivity index (χ4n) is 1.58. The number of nitrogens with zero attached hydrogens (tertiary/aromatic N) is 3. The highest BCUT2D eigenvalue weighted by atomic mass is 16.2. The monoisotopic (exact) mass is 247 g/mol. The van der Waals surface area contributed by atoms with Crippen molar-refractivity contribution in [1.29, 1.82) is 0 Å². The summed E-state index contributed by atoms with van der Waals surface area (Å²) in [6.45, 7) is 1.81. The van der Waals surface area contributed by atoms with Gasteiger partial charge in [-0.1, -0.05) is 0 Å². The molecule has 0 aliphatic carbocycles. The summed E-state index contributed by atoms with van der Waals surface area (Å²) in [5.74, 6) is 0.384. The predicted molar refractivity (Wildman–Crippen MR) is 63.9 cm³/mol. The van der Waals surface area contributed by atoms with E-state index in [1.54, 1.807) is 17.9 Å². The van der Waals surface area contributed by atoms with Crippen LogP contribution < -0.4 is 10.9 Å². The third kappa shape index (κ3) is 2.45. The van der Waals surface area contributed by atoms with Crippen LogP contribution in [0.1, 0.15) is 29.1 Å². The van der Waals surface area contributed by atoms with Gasteiger partial charge in [0.05, 0.1) is 11.6 Å². The molecule has 2 rings (SSSR count). The van der Waals surface area contributed by atoms with E-state index in [0.29, 0.717) is 11.4 Å². The number of hydrogen-bond acceptors (Lipinski definition) is 4. The second-order valence-corrected chi connectivity index (χ2v) is 3.94. The SMILES string of the molecule is CC(NC(=O)c1ccc(=O)[nH]c1)c1nncn1C. The van der Waals surface area contributed by atoms with Crippen LogP contribution >= 0.6 is 0 Å². The normalized spacial score (nSPS) is 12.1. The van der Waals surface area contributed by atoms with Crippen molar-refractivity contribution in [1.82, 2.24) is 25.1 Å². The highest BCUT2D eigenvalue weighted by Gasteiger charge is 2.15. The average Bonchev–Trinajstić information content (AvgIpc) is 2.76. The minimum atomic E-state index is -0.276. The number of H-pyrrole nitrogens is 1. The van der Waals surface area contributed by atoms with Crippen LogP contribution in [0, 0.1) is 0 Å². The van der Waals surface area contributed by atoms with Crippen LogP contribution in [0.25, 0.3) is 0 Å².